The summed E-state index contributed by atoms with van der Waals surface area (Å²) in [6.07, 6.45) is 2.74. The molecule has 0 spiro atoms. The van der Waals surface area contributed by atoms with Crippen LogP contribution in [-0.2, 0) is 26.8 Å². The van der Waals surface area contributed by atoms with Crippen LogP contribution in [0.3, 0.4) is 0 Å². The summed E-state index contributed by atoms with van der Waals surface area (Å²) >= 11 is 0. The van der Waals surface area contributed by atoms with E-state index < -0.39 is 0 Å². The van der Waals surface area contributed by atoms with E-state index >= 15 is 0 Å². The van der Waals surface area contributed by atoms with Gasteiger partial charge in [0.1, 0.15) is 0 Å². The van der Waals surface area contributed by atoms with Gasteiger partial charge in [0.25, 0.3) is 0 Å². The molecule has 1 aromatic rings. The van der Waals surface area contributed by atoms with Gasteiger partial charge in [0, 0.05) is 6.42 Å². The first-order valence-corrected chi connectivity index (χ1v) is 8.50. The van der Waals surface area contributed by atoms with Gasteiger partial charge in [-0.25, -0.2) is 0 Å². The third-order valence-electron chi connectivity index (χ3n) is 5.22. The average Bonchev–Trinajstić information content (AvgIpc) is 2.52. The van der Waals surface area contributed by atoms with E-state index in [1.165, 1.54) is 7.11 Å². The Morgan fingerprint density at radius 2 is 1.46 bits per heavy atom. The summed E-state index contributed by atoms with van der Waals surface area (Å²) in [6, 6.07) is 3.98. The molecule has 0 heterocycles. The Morgan fingerprint density at radius 1 is 1.04 bits per heavy atom. The number of esters is 1. The van der Waals surface area contributed by atoms with Crippen LogP contribution in [-0.4, -0.2) is 13.1 Å². The Kier molecular flexibility index (Phi) is 9.06. The van der Waals surface area contributed by atoms with Crippen molar-refractivity contribution in [3.05, 3.63) is 28.8 Å². The van der Waals surface area contributed by atoms with Gasteiger partial charge in [0.05, 0.1) is 7.11 Å². The van der Waals surface area contributed by atoms with Crippen LogP contribution in [0.4, 0.5) is 0 Å². The number of carbonyl (C=O) groups excluding carboxylic acids is 1. The zero-order valence-corrected chi connectivity index (χ0v) is 18.7. The minimum absolute atomic E-state index is 0. The molecule has 130 valence electrons. The van der Waals surface area contributed by atoms with Gasteiger partial charge >= 0.3 is 35.5 Å². The fourth-order valence-corrected chi connectivity index (χ4v) is 2.57. The molecule has 0 N–H and O–H groups in total. The number of ether oxygens (including phenoxy) is 1. The molecule has 0 atom stereocenters. The Bertz CT molecular complexity index is 525. The number of methoxy groups -OCH3 is 1. The third-order valence-corrected chi connectivity index (χ3v) is 5.22. The van der Waals surface area contributed by atoms with Crippen LogP contribution >= 0.6 is 0 Å². The van der Waals surface area contributed by atoms with Gasteiger partial charge in [-0.2, -0.15) is 0 Å². The van der Waals surface area contributed by atoms with Crippen LogP contribution in [0.15, 0.2) is 12.1 Å². The smallest absolute Gasteiger partial charge is 0.872 e. The van der Waals surface area contributed by atoms with Crippen LogP contribution < -0.4 is 34.7 Å². The normalized spacial score (nSPS) is 11.8. The summed E-state index contributed by atoms with van der Waals surface area (Å²) in [4.78, 5) is 11.4. The van der Waals surface area contributed by atoms with Crippen molar-refractivity contribution in [3.63, 3.8) is 0 Å². The van der Waals surface area contributed by atoms with Crippen LogP contribution in [0.25, 0.3) is 0 Å². The molecular formula is C20H31NaO3. The minimum Gasteiger partial charge on any atom is -0.872 e. The monoisotopic (exact) mass is 342 g/mol. The predicted molar refractivity (Wildman–Crippen MR) is 92.9 cm³/mol. The molecule has 0 saturated carbocycles. The van der Waals surface area contributed by atoms with Crippen molar-refractivity contribution < 1.29 is 44.2 Å². The molecular weight excluding hydrogens is 311 g/mol. The summed E-state index contributed by atoms with van der Waals surface area (Å²) in [5, 5.41) is 13.0. The van der Waals surface area contributed by atoms with E-state index in [1.807, 2.05) is 12.1 Å². The molecule has 0 amide bonds. The zero-order chi connectivity index (χ0) is 17.8. The summed E-state index contributed by atoms with van der Waals surface area (Å²) < 4.78 is 4.73. The molecule has 1 aromatic carbocycles. The molecule has 0 fully saturated rings. The van der Waals surface area contributed by atoms with Gasteiger partial charge < -0.3 is 9.84 Å². The van der Waals surface area contributed by atoms with E-state index in [2.05, 4.69) is 41.5 Å². The van der Waals surface area contributed by atoms with Gasteiger partial charge in [-0.3, -0.25) is 4.79 Å². The maximum atomic E-state index is 13.0. The molecule has 0 saturated heterocycles. The van der Waals surface area contributed by atoms with Crippen LogP contribution in [0, 0.1) is 0 Å². The molecule has 0 aromatic heterocycles. The summed E-state index contributed by atoms with van der Waals surface area (Å²) in [7, 11) is 1.40. The molecule has 24 heavy (non-hydrogen) atoms. The first kappa shape index (κ1) is 23.5. The number of hydrogen-bond donors (Lipinski definition) is 0. The van der Waals surface area contributed by atoms with Gasteiger partial charge in [-0.1, -0.05) is 53.7 Å². The Hall–Kier alpha value is -0.510. The number of carbonyl (C=O) groups is 1. The fourth-order valence-electron chi connectivity index (χ4n) is 2.57. The van der Waals surface area contributed by atoms with Gasteiger partial charge in [-0.15, -0.1) is 5.75 Å². The van der Waals surface area contributed by atoms with Crippen LogP contribution in [0.5, 0.6) is 5.75 Å². The zero-order valence-electron chi connectivity index (χ0n) is 16.7. The largest absolute Gasteiger partial charge is 1.00 e. The van der Waals surface area contributed by atoms with Crippen molar-refractivity contribution in [2.24, 2.45) is 0 Å². The maximum Gasteiger partial charge on any atom is 1.00 e. The molecule has 0 aliphatic rings. The second-order valence-corrected chi connectivity index (χ2v) is 7.57. The molecule has 3 nitrogen and oxygen atoms in total. The molecule has 0 bridgehead atoms. The number of aryl methyl sites for hydroxylation is 1. The first-order chi connectivity index (χ1) is 10.6. The van der Waals surface area contributed by atoms with Gasteiger partial charge in [-0.05, 0) is 46.8 Å². The molecule has 0 radical (unpaired) electrons. The third kappa shape index (κ3) is 5.50. The first-order valence-electron chi connectivity index (χ1n) is 8.50. The van der Waals surface area contributed by atoms with Crippen molar-refractivity contribution in [2.75, 3.05) is 7.11 Å². The fraction of sp³-hybridized carbons (Fsp3) is 0.650. The predicted octanol–water partition coefficient (Wildman–Crippen LogP) is 1.25. The van der Waals surface area contributed by atoms with Gasteiger partial charge in [0.15, 0.2) is 0 Å². The van der Waals surface area contributed by atoms with E-state index in [0.717, 1.165) is 29.5 Å². The van der Waals surface area contributed by atoms with Crippen molar-refractivity contribution in [2.45, 2.75) is 78.1 Å². The number of benzene rings is 1. The second kappa shape index (κ2) is 9.26. The topological polar surface area (TPSA) is 49.4 Å². The Labute approximate surface area is 169 Å². The SMILES string of the molecule is CCC(C)(C)c1cc(CCC(=O)OC)cc(C(C)(C)CC)c1[O-].[Na+]. The molecule has 0 unspecified atom stereocenters. The molecule has 4 heteroatoms. The van der Waals surface area contributed by atoms with E-state index in [9.17, 15) is 9.90 Å². The van der Waals surface area contributed by atoms with E-state index in [0.29, 0.717) is 12.8 Å². The Morgan fingerprint density at radius 3 is 1.79 bits per heavy atom. The number of hydrogen-bond acceptors (Lipinski definition) is 3. The average molecular weight is 342 g/mol. The Balaban J connectivity index is 0.00000529. The van der Waals surface area contributed by atoms with Gasteiger partial charge in [0.2, 0.25) is 0 Å². The van der Waals surface area contributed by atoms with Crippen LogP contribution in [0.2, 0.25) is 0 Å². The van der Waals surface area contributed by atoms with Crippen molar-refractivity contribution >= 4 is 5.97 Å². The van der Waals surface area contributed by atoms with E-state index in [-0.39, 0.29) is 52.1 Å². The summed E-state index contributed by atoms with van der Waals surface area (Å²) in [6.45, 7) is 12.6. The summed E-state index contributed by atoms with van der Waals surface area (Å²) in [5.74, 6) is -0.0608. The van der Waals surface area contributed by atoms with Crippen molar-refractivity contribution in [1.29, 1.82) is 0 Å². The second-order valence-electron chi connectivity index (χ2n) is 7.57. The van der Waals surface area contributed by atoms with Crippen molar-refractivity contribution in [1.82, 2.24) is 0 Å². The quantitative estimate of drug-likeness (QED) is 0.553. The molecule has 0 aliphatic heterocycles. The molecule has 1 rings (SSSR count). The van der Waals surface area contributed by atoms with Crippen molar-refractivity contribution in [3.8, 4) is 5.75 Å². The number of rotatable bonds is 7. The van der Waals surface area contributed by atoms with E-state index in [4.69, 9.17) is 4.74 Å². The standard InChI is InChI=1S/C20H32O3.Na/c1-8-19(3,4)15-12-14(10-11-17(21)23-7)13-16(18(15)22)20(5,6)9-2;/h12-13,22H,8-11H2,1-7H3;/q;+1/p-1. The minimum atomic E-state index is -0.219. The maximum absolute atomic E-state index is 13.0. The van der Waals surface area contributed by atoms with Crippen LogP contribution in [0.1, 0.15) is 77.5 Å². The van der Waals surface area contributed by atoms with E-state index in [1.54, 1.807) is 0 Å². The summed E-state index contributed by atoms with van der Waals surface area (Å²) in [5.41, 5.74) is 2.43. The molecule has 0 aliphatic carbocycles.